The molecule has 0 spiro atoms. The lowest BCUT2D eigenvalue weighted by atomic mass is 10.2. The van der Waals surface area contributed by atoms with E-state index >= 15 is 0 Å². The number of aliphatic imine (C=N–C) groups is 1. The Hall–Kier alpha value is -2.46. The van der Waals surface area contributed by atoms with Crippen LogP contribution < -0.4 is 10.6 Å². The van der Waals surface area contributed by atoms with Crippen LogP contribution in [0, 0.1) is 0 Å². The van der Waals surface area contributed by atoms with Gasteiger partial charge in [0.05, 0.1) is 0 Å². The minimum atomic E-state index is 0. The number of guanidine groups is 1. The van der Waals surface area contributed by atoms with Gasteiger partial charge in [-0.3, -0.25) is 14.5 Å². The maximum Gasteiger partial charge on any atom is 0.191 e. The summed E-state index contributed by atoms with van der Waals surface area (Å²) >= 11 is 0. The van der Waals surface area contributed by atoms with Crippen LogP contribution in [-0.4, -0.2) is 51.1 Å². The number of nitrogens with zero attached hydrogens (tertiary/aromatic N) is 5. The van der Waals surface area contributed by atoms with Gasteiger partial charge in [0, 0.05) is 57.4 Å². The first kappa shape index (κ1) is 23.2. The summed E-state index contributed by atoms with van der Waals surface area (Å²) in [5, 5.41) is 7.02. The van der Waals surface area contributed by atoms with Crippen molar-refractivity contribution in [2.45, 2.75) is 38.5 Å². The lowest BCUT2D eigenvalue weighted by Crippen LogP contribution is -2.44. The number of benzene rings is 1. The number of rotatable bonds is 6. The molecule has 2 unspecified atom stereocenters. The molecule has 7 nitrogen and oxygen atoms in total. The van der Waals surface area contributed by atoms with E-state index < -0.39 is 0 Å². The maximum absolute atomic E-state index is 4.42. The van der Waals surface area contributed by atoms with Gasteiger partial charge in [0.1, 0.15) is 12.1 Å². The average Bonchev–Trinajstić information content (AvgIpc) is 3.42. The molecule has 1 saturated heterocycles. The zero-order chi connectivity index (χ0) is 20.8. The molecule has 0 amide bonds. The predicted molar refractivity (Wildman–Crippen MR) is 135 cm³/mol. The van der Waals surface area contributed by atoms with Crippen molar-refractivity contribution in [1.29, 1.82) is 0 Å². The number of hydrogen-bond donors (Lipinski definition) is 2. The Kier molecular flexibility index (Phi) is 8.42. The van der Waals surface area contributed by atoms with E-state index in [2.05, 4.69) is 73.8 Å². The SMILES string of the molecule is CN=C(NCc1ccnc(-n2ccnc2)c1)NC1CC(C)N(Cc2ccccc2)C1.I. The van der Waals surface area contributed by atoms with E-state index in [-0.39, 0.29) is 24.0 Å². The van der Waals surface area contributed by atoms with Crippen molar-refractivity contribution in [3.05, 3.63) is 78.5 Å². The highest BCUT2D eigenvalue weighted by atomic mass is 127. The molecule has 31 heavy (non-hydrogen) atoms. The minimum absolute atomic E-state index is 0. The fraction of sp³-hybridized carbons (Fsp3) is 0.348. The Morgan fingerprint density at radius 1 is 1.16 bits per heavy atom. The number of nitrogens with one attached hydrogen (secondary N) is 2. The van der Waals surface area contributed by atoms with Crippen molar-refractivity contribution in [2.75, 3.05) is 13.6 Å². The van der Waals surface area contributed by atoms with Gasteiger partial charge in [-0.2, -0.15) is 0 Å². The van der Waals surface area contributed by atoms with E-state index in [1.54, 1.807) is 12.5 Å². The molecule has 0 bridgehead atoms. The second-order valence-corrected chi connectivity index (χ2v) is 7.76. The molecule has 1 aliphatic rings. The van der Waals surface area contributed by atoms with Gasteiger partial charge in [-0.15, -0.1) is 24.0 Å². The molecular formula is C23H30IN7. The summed E-state index contributed by atoms with van der Waals surface area (Å²) in [7, 11) is 1.82. The Balaban J connectivity index is 0.00000272. The number of likely N-dealkylation sites (tertiary alicyclic amines) is 1. The molecule has 3 heterocycles. The number of imidazole rings is 1. The Morgan fingerprint density at radius 2 is 2.00 bits per heavy atom. The Labute approximate surface area is 201 Å². The maximum atomic E-state index is 4.42. The van der Waals surface area contributed by atoms with Gasteiger partial charge in [0.2, 0.25) is 0 Å². The van der Waals surface area contributed by atoms with Crippen LogP contribution in [0.25, 0.3) is 5.82 Å². The smallest absolute Gasteiger partial charge is 0.191 e. The van der Waals surface area contributed by atoms with Crippen molar-refractivity contribution in [2.24, 2.45) is 4.99 Å². The van der Waals surface area contributed by atoms with Crippen molar-refractivity contribution in [3.8, 4) is 5.82 Å². The van der Waals surface area contributed by atoms with Crippen LogP contribution in [0.15, 0.2) is 72.4 Å². The van der Waals surface area contributed by atoms with Crippen molar-refractivity contribution in [1.82, 2.24) is 30.1 Å². The van der Waals surface area contributed by atoms with Gasteiger partial charge < -0.3 is 10.6 Å². The topological polar surface area (TPSA) is 70.4 Å². The molecule has 0 saturated carbocycles. The lowest BCUT2D eigenvalue weighted by Gasteiger charge is -2.21. The second-order valence-electron chi connectivity index (χ2n) is 7.76. The average molecular weight is 531 g/mol. The molecule has 0 radical (unpaired) electrons. The fourth-order valence-electron chi connectivity index (χ4n) is 3.92. The van der Waals surface area contributed by atoms with Gasteiger partial charge in [-0.1, -0.05) is 30.3 Å². The first-order valence-electron chi connectivity index (χ1n) is 10.4. The summed E-state index contributed by atoms with van der Waals surface area (Å²) in [6.07, 6.45) is 8.32. The van der Waals surface area contributed by atoms with Crippen LogP contribution in [0.3, 0.4) is 0 Å². The van der Waals surface area contributed by atoms with Gasteiger partial charge in [-0.25, -0.2) is 9.97 Å². The summed E-state index contributed by atoms with van der Waals surface area (Å²) in [4.78, 5) is 15.4. The van der Waals surface area contributed by atoms with E-state index in [1.165, 1.54) is 5.56 Å². The lowest BCUT2D eigenvalue weighted by molar-refractivity contribution is 0.258. The largest absolute Gasteiger partial charge is 0.352 e. The zero-order valence-electron chi connectivity index (χ0n) is 18.0. The van der Waals surface area contributed by atoms with E-state index in [0.717, 1.165) is 36.9 Å². The van der Waals surface area contributed by atoms with Gasteiger partial charge in [-0.05, 0) is 36.6 Å². The van der Waals surface area contributed by atoms with Crippen LogP contribution in [-0.2, 0) is 13.1 Å². The summed E-state index contributed by atoms with van der Waals surface area (Å²) in [6.45, 7) is 4.98. The molecule has 2 atom stereocenters. The monoisotopic (exact) mass is 531 g/mol. The van der Waals surface area contributed by atoms with E-state index in [9.17, 15) is 0 Å². The second kappa shape index (κ2) is 11.2. The van der Waals surface area contributed by atoms with Gasteiger partial charge >= 0.3 is 0 Å². The molecule has 164 valence electrons. The van der Waals surface area contributed by atoms with Crippen LogP contribution in [0.4, 0.5) is 0 Å². The molecule has 4 rings (SSSR count). The van der Waals surface area contributed by atoms with Gasteiger partial charge in [0.15, 0.2) is 5.96 Å². The predicted octanol–water partition coefficient (Wildman–Crippen LogP) is 3.21. The van der Waals surface area contributed by atoms with Crippen LogP contribution in [0.2, 0.25) is 0 Å². The normalized spacial score (nSPS) is 19.1. The number of halogens is 1. The van der Waals surface area contributed by atoms with Crippen LogP contribution >= 0.6 is 24.0 Å². The minimum Gasteiger partial charge on any atom is -0.352 e. The fourth-order valence-corrected chi connectivity index (χ4v) is 3.92. The third-order valence-corrected chi connectivity index (χ3v) is 5.54. The summed E-state index contributed by atoms with van der Waals surface area (Å²) in [6, 6.07) is 15.7. The van der Waals surface area contributed by atoms with Crippen molar-refractivity contribution < 1.29 is 0 Å². The third-order valence-electron chi connectivity index (χ3n) is 5.54. The van der Waals surface area contributed by atoms with E-state index in [1.807, 2.05) is 30.1 Å². The number of hydrogen-bond acceptors (Lipinski definition) is 4. The first-order chi connectivity index (χ1) is 14.7. The molecule has 1 aliphatic heterocycles. The molecule has 0 aliphatic carbocycles. The molecule has 3 aromatic rings. The van der Waals surface area contributed by atoms with Gasteiger partial charge in [0.25, 0.3) is 0 Å². The summed E-state index contributed by atoms with van der Waals surface area (Å²) in [5.74, 6) is 1.69. The summed E-state index contributed by atoms with van der Waals surface area (Å²) < 4.78 is 1.90. The molecule has 1 fully saturated rings. The highest BCUT2D eigenvalue weighted by Gasteiger charge is 2.29. The Morgan fingerprint density at radius 3 is 2.74 bits per heavy atom. The molecule has 2 aromatic heterocycles. The van der Waals surface area contributed by atoms with E-state index in [4.69, 9.17) is 0 Å². The molecule has 2 N–H and O–H groups in total. The zero-order valence-corrected chi connectivity index (χ0v) is 20.3. The first-order valence-corrected chi connectivity index (χ1v) is 10.4. The quantitative estimate of drug-likeness (QED) is 0.291. The molecular weight excluding hydrogens is 501 g/mol. The van der Waals surface area contributed by atoms with Crippen molar-refractivity contribution >= 4 is 29.9 Å². The highest BCUT2D eigenvalue weighted by Crippen LogP contribution is 2.20. The summed E-state index contributed by atoms with van der Waals surface area (Å²) in [5.41, 5.74) is 2.50. The number of pyridine rings is 1. The molecule has 1 aromatic carbocycles. The van der Waals surface area contributed by atoms with E-state index in [0.29, 0.717) is 18.6 Å². The van der Waals surface area contributed by atoms with Crippen molar-refractivity contribution in [3.63, 3.8) is 0 Å². The van der Waals surface area contributed by atoms with Crippen LogP contribution in [0.1, 0.15) is 24.5 Å². The Bertz CT molecular complexity index is 959. The number of aromatic nitrogens is 3. The third kappa shape index (κ3) is 6.27. The van der Waals surface area contributed by atoms with Crippen LogP contribution in [0.5, 0.6) is 0 Å². The highest BCUT2D eigenvalue weighted by molar-refractivity contribution is 14.0. The molecule has 8 heteroatoms. The standard InChI is InChI=1S/C23H29N7.HI/c1-18-12-21(16-30(18)15-19-6-4-3-5-7-19)28-23(24-2)27-14-20-8-9-26-22(13-20)29-11-10-25-17-29;/h3-11,13,17-18,21H,12,14-16H2,1-2H3,(H2,24,27,28);1H.